The topological polar surface area (TPSA) is 44.8 Å². The van der Waals surface area contributed by atoms with Crippen molar-refractivity contribution in [3.05, 3.63) is 59.4 Å². The monoisotopic (exact) mass is 385 g/mol. The average molecular weight is 385 g/mol. The summed E-state index contributed by atoms with van der Waals surface area (Å²) >= 11 is 0. The summed E-state index contributed by atoms with van der Waals surface area (Å²) in [5.41, 5.74) is 2.49. The molecule has 3 rings (SSSR count). The van der Waals surface area contributed by atoms with Gasteiger partial charge in [0.25, 0.3) is 0 Å². The summed E-state index contributed by atoms with van der Waals surface area (Å²) < 4.78 is 19.3. The van der Waals surface area contributed by atoms with Crippen molar-refractivity contribution in [1.82, 2.24) is 10.2 Å². The highest BCUT2D eigenvalue weighted by Crippen LogP contribution is 2.28. The molecule has 5 nitrogen and oxygen atoms in total. The molecule has 0 atom stereocenters. The molecule has 1 N–H and O–H groups in total. The highest BCUT2D eigenvalue weighted by atomic mass is 19.1. The maximum absolute atomic E-state index is 13.6. The Labute approximate surface area is 166 Å². The van der Waals surface area contributed by atoms with Gasteiger partial charge in [0.1, 0.15) is 11.6 Å². The predicted octanol–water partition coefficient (Wildman–Crippen LogP) is 2.97. The van der Waals surface area contributed by atoms with Gasteiger partial charge in [0.2, 0.25) is 5.91 Å². The maximum atomic E-state index is 13.6. The molecule has 1 saturated heterocycles. The molecule has 1 fully saturated rings. The molecule has 0 bridgehead atoms. The van der Waals surface area contributed by atoms with Crippen molar-refractivity contribution >= 4 is 11.6 Å². The Morgan fingerprint density at radius 2 is 1.89 bits per heavy atom. The number of nitrogens with one attached hydrogen (secondary N) is 1. The second-order valence-electron chi connectivity index (χ2n) is 7.02. The number of hydrogen-bond acceptors (Lipinski definition) is 4. The van der Waals surface area contributed by atoms with Gasteiger partial charge in [-0.1, -0.05) is 24.3 Å². The fourth-order valence-electron chi connectivity index (χ4n) is 3.35. The Balaban J connectivity index is 1.46. The lowest BCUT2D eigenvalue weighted by molar-refractivity contribution is -0.122. The summed E-state index contributed by atoms with van der Waals surface area (Å²) in [7, 11) is 0. The number of amides is 1. The van der Waals surface area contributed by atoms with Crippen molar-refractivity contribution in [3.63, 3.8) is 0 Å². The fourth-order valence-corrected chi connectivity index (χ4v) is 3.35. The molecular weight excluding hydrogens is 357 g/mol. The number of para-hydroxylation sites is 2. The van der Waals surface area contributed by atoms with E-state index in [0.29, 0.717) is 25.3 Å². The van der Waals surface area contributed by atoms with E-state index in [-0.39, 0.29) is 11.7 Å². The van der Waals surface area contributed by atoms with Crippen LogP contribution in [0, 0.1) is 12.7 Å². The van der Waals surface area contributed by atoms with Gasteiger partial charge < -0.3 is 15.0 Å². The lowest BCUT2D eigenvalue weighted by atomic mass is 10.1. The van der Waals surface area contributed by atoms with Crippen molar-refractivity contribution in [2.45, 2.75) is 20.4 Å². The second-order valence-corrected chi connectivity index (χ2v) is 7.02. The number of piperazine rings is 1. The minimum atomic E-state index is -0.241. The number of carbonyl (C=O) groups is 1. The molecule has 2 aromatic rings. The third kappa shape index (κ3) is 5.23. The van der Waals surface area contributed by atoms with Crippen LogP contribution < -0.4 is 15.0 Å². The minimum absolute atomic E-state index is 0.0378. The number of hydrogen-bond donors (Lipinski definition) is 1. The van der Waals surface area contributed by atoms with Crippen molar-refractivity contribution in [2.24, 2.45) is 0 Å². The van der Waals surface area contributed by atoms with Gasteiger partial charge in [-0.15, -0.1) is 0 Å². The van der Waals surface area contributed by atoms with Crippen molar-refractivity contribution < 1.29 is 13.9 Å². The predicted molar refractivity (Wildman–Crippen MR) is 109 cm³/mol. The number of nitrogens with zero attached hydrogens (tertiary/aromatic N) is 2. The van der Waals surface area contributed by atoms with E-state index in [2.05, 4.69) is 21.2 Å². The SMILES string of the molecule is CCOc1ccccc1N1CCN(CC(=O)NCc2ccc(C)c(F)c2)CC1. The molecule has 0 spiro atoms. The molecule has 0 unspecified atom stereocenters. The first-order chi connectivity index (χ1) is 13.6. The molecule has 0 saturated carbocycles. The van der Waals surface area contributed by atoms with Gasteiger partial charge in [-0.3, -0.25) is 9.69 Å². The summed E-state index contributed by atoms with van der Waals surface area (Å²) in [5.74, 6) is 0.626. The maximum Gasteiger partial charge on any atom is 0.234 e. The van der Waals surface area contributed by atoms with Gasteiger partial charge in [0.15, 0.2) is 0 Å². The van der Waals surface area contributed by atoms with Crippen LogP contribution in [0.2, 0.25) is 0 Å². The van der Waals surface area contributed by atoms with E-state index < -0.39 is 0 Å². The Hall–Kier alpha value is -2.60. The summed E-state index contributed by atoms with van der Waals surface area (Å²) in [6.07, 6.45) is 0. The Morgan fingerprint density at radius 1 is 1.14 bits per heavy atom. The first-order valence-corrected chi connectivity index (χ1v) is 9.77. The van der Waals surface area contributed by atoms with Gasteiger partial charge in [-0.2, -0.15) is 0 Å². The first-order valence-electron chi connectivity index (χ1n) is 9.77. The van der Waals surface area contributed by atoms with Crippen LogP contribution in [0.3, 0.4) is 0 Å². The number of ether oxygens (including phenoxy) is 1. The Kier molecular flexibility index (Phi) is 6.87. The molecule has 1 heterocycles. The standard InChI is InChI=1S/C22H28FN3O2/c1-3-28-21-7-5-4-6-20(21)26-12-10-25(11-13-26)16-22(27)24-15-18-9-8-17(2)19(23)14-18/h4-9,14H,3,10-13,15-16H2,1-2H3,(H,24,27). The quantitative estimate of drug-likeness (QED) is 0.796. The highest BCUT2D eigenvalue weighted by molar-refractivity contribution is 5.78. The zero-order valence-electron chi connectivity index (χ0n) is 16.6. The van der Waals surface area contributed by atoms with E-state index in [1.807, 2.05) is 31.2 Å². The van der Waals surface area contributed by atoms with Crippen LogP contribution in [0.15, 0.2) is 42.5 Å². The summed E-state index contributed by atoms with van der Waals surface area (Å²) in [6.45, 7) is 8.37. The van der Waals surface area contributed by atoms with E-state index in [0.717, 1.165) is 43.2 Å². The molecule has 1 aliphatic rings. The van der Waals surface area contributed by atoms with Gasteiger partial charge in [0.05, 0.1) is 18.8 Å². The Morgan fingerprint density at radius 3 is 2.61 bits per heavy atom. The van der Waals surface area contributed by atoms with Gasteiger partial charge in [0, 0.05) is 32.7 Å². The normalized spacial score (nSPS) is 14.8. The lowest BCUT2D eigenvalue weighted by Crippen LogP contribution is -2.49. The Bertz CT molecular complexity index is 804. The second kappa shape index (κ2) is 9.55. The van der Waals surface area contributed by atoms with Gasteiger partial charge in [-0.05, 0) is 43.2 Å². The first kappa shape index (κ1) is 20.1. The summed E-state index contributed by atoms with van der Waals surface area (Å²) in [4.78, 5) is 16.7. The van der Waals surface area contributed by atoms with Crippen LogP contribution in [-0.4, -0.2) is 50.1 Å². The van der Waals surface area contributed by atoms with Crippen LogP contribution in [0.25, 0.3) is 0 Å². The van der Waals surface area contributed by atoms with Crippen molar-refractivity contribution in [1.29, 1.82) is 0 Å². The van der Waals surface area contributed by atoms with E-state index in [9.17, 15) is 9.18 Å². The van der Waals surface area contributed by atoms with Crippen LogP contribution in [0.1, 0.15) is 18.1 Å². The lowest BCUT2D eigenvalue weighted by Gasteiger charge is -2.36. The number of benzene rings is 2. The van der Waals surface area contributed by atoms with E-state index >= 15 is 0 Å². The molecule has 2 aromatic carbocycles. The smallest absolute Gasteiger partial charge is 0.234 e. The number of anilines is 1. The molecule has 150 valence electrons. The molecule has 0 aromatic heterocycles. The number of aryl methyl sites for hydroxylation is 1. The molecule has 1 aliphatic heterocycles. The van der Waals surface area contributed by atoms with Crippen LogP contribution in [0.5, 0.6) is 5.75 Å². The molecule has 0 radical (unpaired) electrons. The van der Waals surface area contributed by atoms with Crippen LogP contribution >= 0.6 is 0 Å². The van der Waals surface area contributed by atoms with Crippen molar-refractivity contribution in [2.75, 3.05) is 44.2 Å². The number of rotatable bonds is 7. The molecule has 1 amide bonds. The average Bonchev–Trinajstić information content (AvgIpc) is 2.70. The fraction of sp³-hybridized carbons (Fsp3) is 0.409. The molecule has 6 heteroatoms. The summed E-state index contributed by atoms with van der Waals surface area (Å²) in [6, 6.07) is 13.1. The minimum Gasteiger partial charge on any atom is -0.492 e. The highest BCUT2D eigenvalue weighted by Gasteiger charge is 2.21. The van der Waals surface area contributed by atoms with E-state index in [4.69, 9.17) is 4.74 Å². The third-order valence-electron chi connectivity index (χ3n) is 4.97. The summed E-state index contributed by atoms with van der Waals surface area (Å²) in [5, 5.41) is 2.88. The molecular formula is C22H28FN3O2. The third-order valence-corrected chi connectivity index (χ3v) is 4.97. The van der Waals surface area contributed by atoms with E-state index in [1.165, 1.54) is 6.07 Å². The van der Waals surface area contributed by atoms with Crippen LogP contribution in [-0.2, 0) is 11.3 Å². The van der Waals surface area contributed by atoms with Crippen molar-refractivity contribution in [3.8, 4) is 5.75 Å². The zero-order valence-corrected chi connectivity index (χ0v) is 16.6. The zero-order chi connectivity index (χ0) is 19.9. The number of halogens is 1. The van der Waals surface area contributed by atoms with Crippen LogP contribution in [0.4, 0.5) is 10.1 Å². The van der Waals surface area contributed by atoms with E-state index in [1.54, 1.807) is 13.0 Å². The molecule has 28 heavy (non-hydrogen) atoms. The number of carbonyl (C=O) groups excluding carboxylic acids is 1. The largest absolute Gasteiger partial charge is 0.492 e. The van der Waals surface area contributed by atoms with Gasteiger partial charge in [-0.25, -0.2) is 4.39 Å². The van der Waals surface area contributed by atoms with Gasteiger partial charge >= 0.3 is 0 Å². The molecule has 0 aliphatic carbocycles.